The van der Waals surface area contributed by atoms with Gasteiger partial charge < -0.3 is 10.2 Å². The average molecular weight is 362 g/mol. The molecule has 0 aromatic rings. The number of carbonyl (C=O) groups is 2. The Bertz CT molecular complexity index is 432. The second-order valence-electron chi connectivity index (χ2n) is 5.47. The Labute approximate surface area is 156 Å². The van der Waals surface area contributed by atoms with Gasteiger partial charge in [0, 0.05) is 0 Å². The molecule has 0 amide bonds. The van der Waals surface area contributed by atoms with Crippen molar-refractivity contribution in [1.29, 1.82) is 0 Å². The number of hydrogen-bond acceptors (Lipinski definition) is 4. The number of rotatable bonds is 11. The predicted octanol–water partition coefficient (Wildman–Crippen LogP) is 2.37. The molecule has 7 nitrogen and oxygen atoms in total. The summed E-state index contributed by atoms with van der Waals surface area (Å²) in [6.07, 6.45) is 7.55. The van der Waals surface area contributed by atoms with Crippen molar-refractivity contribution < 1.29 is 32.8 Å². The van der Waals surface area contributed by atoms with Gasteiger partial charge in [0.05, 0.1) is 6.42 Å². The van der Waals surface area contributed by atoms with Crippen molar-refractivity contribution in [3.05, 3.63) is 0 Å². The van der Waals surface area contributed by atoms with Crippen molar-refractivity contribution in [1.82, 2.24) is 0 Å². The third-order valence-corrected chi connectivity index (χ3v) is 5.41. The van der Waals surface area contributed by atoms with Crippen molar-refractivity contribution in [2.45, 2.75) is 67.7 Å². The normalized spacial score (nSPS) is 12.4. The van der Waals surface area contributed by atoms with Gasteiger partial charge in [-0.15, -0.1) is 0 Å². The smallest absolute Gasteiger partial charge is 0.325 e. The van der Waals surface area contributed by atoms with E-state index in [0.29, 0.717) is 0 Å². The fourth-order valence-corrected chi connectivity index (χ4v) is 3.14. The van der Waals surface area contributed by atoms with Gasteiger partial charge in [0.25, 0.3) is 10.1 Å². The fraction of sp³-hybridized carbons (Fsp3) is 0.857. The first-order valence-electron chi connectivity index (χ1n) is 8.00. The van der Waals surface area contributed by atoms with E-state index >= 15 is 0 Å². The molecule has 0 aliphatic carbocycles. The van der Waals surface area contributed by atoms with Gasteiger partial charge in [-0.3, -0.25) is 14.1 Å². The van der Waals surface area contributed by atoms with E-state index in [1.165, 1.54) is 70.1 Å². The van der Waals surface area contributed by atoms with Crippen molar-refractivity contribution >= 4 is 50.0 Å². The van der Waals surface area contributed by atoms with Gasteiger partial charge in [-0.25, -0.2) is 0 Å². The molecule has 1 atom stereocenters. The minimum atomic E-state index is -4.84. The third-order valence-electron chi connectivity index (χ3n) is 3.62. The number of unbranched alkanes of at least 4 members (excludes halogenated alkanes) is 2. The van der Waals surface area contributed by atoms with Crippen LogP contribution in [0.2, 0.25) is 3.67 Å². The summed E-state index contributed by atoms with van der Waals surface area (Å²) in [7, 11) is -4.84. The molecule has 9 heteroatoms. The Morgan fingerprint density at radius 3 is 1.83 bits per heavy atom. The standard InChI is InChI=1S/C10H21.C4H6O7S.Na/c1-4-7-8-9-10(5-2)6-3;5-3(6)1-2(4(7)8)12(9,10)11;/h10H,1,4-9H2,2-3H3;2H,1H2,(H,5,6)(H,7,8)(H,9,10,11);. The van der Waals surface area contributed by atoms with Crippen molar-refractivity contribution in [3.63, 3.8) is 0 Å². The van der Waals surface area contributed by atoms with Crippen LogP contribution in [-0.4, -0.2) is 68.3 Å². The van der Waals surface area contributed by atoms with Crippen LogP contribution in [0.15, 0.2) is 0 Å². The van der Waals surface area contributed by atoms with Gasteiger partial charge in [-0.05, 0) is 0 Å². The molecule has 0 saturated carbocycles. The van der Waals surface area contributed by atoms with Crippen LogP contribution in [0.25, 0.3) is 0 Å². The molecule has 0 rings (SSSR count). The Morgan fingerprint density at radius 2 is 1.57 bits per heavy atom. The van der Waals surface area contributed by atoms with Crippen LogP contribution in [0.1, 0.15) is 58.8 Å². The van der Waals surface area contributed by atoms with E-state index in [9.17, 15) is 18.0 Å². The predicted molar refractivity (Wildman–Crippen MR) is 88.3 cm³/mol. The minimum absolute atomic E-state index is 1.02. The van der Waals surface area contributed by atoms with Crippen LogP contribution in [0.4, 0.5) is 0 Å². The molecule has 0 spiro atoms. The molecule has 0 aliphatic heterocycles. The minimum Gasteiger partial charge on any atom is -0.481 e. The van der Waals surface area contributed by atoms with E-state index in [1.807, 2.05) is 0 Å². The zero-order valence-electron chi connectivity index (χ0n) is 14.2. The van der Waals surface area contributed by atoms with Gasteiger partial charge in [-0.2, -0.15) is 8.42 Å². The van der Waals surface area contributed by atoms with E-state index in [0.717, 1.165) is 5.92 Å². The molecule has 0 aromatic carbocycles. The molecule has 23 heavy (non-hydrogen) atoms. The van der Waals surface area contributed by atoms with Gasteiger partial charge in [0.1, 0.15) is 0 Å². The number of hydrogen-bond donors (Lipinski definition) is 3. The third kappa shape index (κ3) is 15.1. The Hall–Kier alpha value is -0.150. The van der Waals surface area contributed by atoms with E-state index in [1.54, 1.807) is 0 Å². The molecule has 0 aromatic heterocycles. The van der Waals surface area contributed by atoms with Gasteiger partial charge in [0.2, 0.25) is 0 Å². The van der Waals surface area contributed by atoms with Gasteiger partial charge in [0.15, 0.2) is 5.25 Å². The van der Waals surface area contributed by atoms with Crippen LogP contribution in [0.5, 0.6) is 0 Å². The molecule has 132 valence electrons. The molecule has 3 N–H and O–H groups in total. The van der Waals surface area contributed by atoms with Crippen molar-refractivity contribution in [3.8, 4) is 0 Å². The maximum Gasteiger partial charge on any atom is 0.325 e. The summed E-state index contributed by atoms with van der Waals surface area (Å²) in [5.41, 5.74) is 0. The molecule has 1 unspecified atom stereocenters. The van der Waals surface area contributed by atoms with Crippen LogP contribution in [0, 0.1) is 5.92 Å². The first kappa shape index (κ1) is 25.1. The van der Waals surface area contributed by atoms with Crippen LogP contribution in [0.3, 0.4) is 0 Å². The van der Waals surface area contributed by atoms with Gasteiger partial charge in [-0.1, -0.05) is 0 Å². The zero-order valence-corrected chi connectivity index (χ0v) is 17.0. The molecule has 0 bridgehead atoms. The average Bonchev–Trinajstić information content (AvgIpc) is 2.44. The van der Waals surface area contributed by atoms with E-state index < -0.39 is 33.7 Å². The molecule has 0 radical (unpaired) electrons. The van der Waals surface area contributed by atoms with Crippen LogP contribution < -0.4 is 0 Å². The van der Waals surface area contributed by atoms with Crippen molar-refractivity contribution in [2.75, 3.05) is 0 Å². The zero-order chi connectivity index (χ0) is 18.5. The maximum atomic E-state index is 10.2. The van der Waals surface area contributed by atoms with Crippen LogP contribution >= 0.6 is 0 Å². The van der Waals surface area contributed by atoms with Gasteiger partial charge >= 0.3 is 102 Å². The fourth-order valence-electron chi connectivity index (χ4n) is 2.04. The largest absolute Gasteiger partial charge is 0.481 e. The molecule has 0 fully saturated rings. The summed E-state index contributed by atoms with van der Waals surface area (Å²) in [5.74, 6) is -2.48. The molecule has 0 heterocycles. The molecular weight excluding hydrogens is 335 g/mol. The summed E-state index contributed by atoms with van der Waals surface area (Å²) in [6.45, 7) is 4.64. The summed E-state index contributed by atoms with van der Waals surface area (Å²) in [4.78, 5) is 20.0. The monoisotopic (exact) mass is 362 g/mol. The van der Waals surface area contributed by atoms with Crippen molar-refractivity contribution in [2.24, 2.45) is 5.92 Å². The first-order chi connectivity index (χ1) is 10.6. The number of carboxylic acids is 2. The first-order valence-corrected chi connectivity index (χ1v) is 10.9. The Balaban J connectivity index is 0. The van der Waals surface area contributed by atoms with E-state index in [-0.39, 0.29) is 0 Å². The number of carboxylic acid groups (broad SMARTS) is 2. The Morgan fingerprint density at radius 1 is 1.04 bits per heavy atom. The quantitative estimate of drug-likeness (QED) is 0.292. The SMILES string of the molecule is CCC(CC)CCCC[CH2][Na].O=C(O)CC(C(=O)O)S(=O)(=O)O. The maximum absolute atomic E-state index is 10.2. The van der Waals surface area contributed by atoms with Crippen LogP contribution in [-0.2, 0) is 19.7 Å². The van der Waals surface area contributed by atoms with E-state index in [2.05, 4.69) is 13.8 Å². The second-order valence-corrected chi connectivity index (χ2v) is 8.07. The molecule has 0 aliphatic rings. The van der Waals surface area contributed by atoms with E-state index in [4.69, 9.17) is 14.8 Å². The molecular formula is C14H27NaO7S. The number of aliphatic carboxylic acids is 2. The topological polar surface area (TPSA) is 129 Å². The summed E-state index contributed by atoms with van der Waals surface area (Å²) < 4.78 is 30.2. The summed E-state index contributed by atoms with van der Waals surface area (Å²) in [6, 6.07) is 0. The second kappa shape index (κ2) is 14.2. The molecule has 0 saturated heterocycles. The Kier molecular flexibility index (Phi) is 15.5. The summed E-state index contributed by atoms with van der Waals surface area (Å²) in [5, 5.41) is 13.9. The summed E-state index contributed by atoms with van der Waals surface area (Å²) >= 11 is 1.40.